The van der Waals surface area contributed by atoms with Gasteiger partial charge in [0.1, 0.15) is 12.4 Å². The van der Waals surface area contributed by atoms with Gasteiger partial charge in [0.15, 0.2) is 12.6 Å². The molecular weight excluding hydrogens is 236 g/mol. The van der Waals surface area contributed by atoms with Crippen molar-refractivity contribution in [3.63, 3.8) is 0 Å². The predicted molar refractivity (Wildman–Crippen MR) is 62.4 cm³/mol. The Morgan fingerprint density at radius 1 is 1.44 bits per heavy atom. The van der Waals surface area contributed by atoms with Gasteiger partial charge in [-0.15, -0.1) is 0 Å². The van der Waals surface area contributed by atoms with Crippen LogP contribution in [0.15, 0.2) is 18.7 Å². The summed E-state index contributed by atoms with van der Waals surface area (Å²) in [5, 5.41) is 0. The molecule has 0 radical (unpaired) electrons. The molecule has 1 aromatic rings. The first kappa shape index (κ1) is 14.2. The summed E-state index contributed by atoms with van der Waals surface area (Å²) in [6.07, 6.45) is 5.19. The molecule has 0 aromatic carbocycles. The van der Waals surface area contributed by atoms with Gasteiger partial charge in [0.05, 0.1) is 13.7 Å². The monoisotopic (exact) mass is 255 g/mol. The maximum atomic E-state index is 11.6. The minimum atomic E-state index is -0.867. The van der Waals surface area contributed by atoms with Crippen molar-refractivity contribution >= 4 is 11.9 Å². The summed E-state index contributed by atoms with van der Waals surface area (Å²) in [6.45, 7) is 3.82. The number of aryl methyl sites for hydroxylation is 1. The van der Waals surface area contributed by atoms with E-state index in [1.807, 2.05) is 24.7 Å². The molecular formula is C12H19N2O4+. The molecule has 0 saturated heterocycles. The van der Waals surface area contributed by atoms with Gasteiger partial charge in [-0.25, -0.2) is 18.7 Å². The Morgan fingerprint density at radius 2 is 2.17 bits per heavy atom. The predicted octanol–water partition coefficient (Wildman–Crippen LogP) is 0.197. The molecule has 0 aliphatic carbocycles. The molecule has 18 heavy (non-hydrogen) atoms. The fraction of sp³-hybridized carbons (Fsp3) is 0.583. The minimum Gasteiger partial charge on any atom is -0.463 e. The highest BCUT2D eigenvalue weighted by Gasteiger charge is 2.20. The summed E-state index contributed by atoms with van der Waals surface area (Å²) in [6, 6.07) is 0. The second-order valence-electron chi connectivity index (χ2n) is 4.05. The lowest BCUT2D eigenvalue weighted by atomic mass is 10.4. The molecule has 1 aromatic heterocycles. The van der Waals surface area contributed by atoms with E-state index < -0.39 is 18.0 Å². The maximum Gasteiger partial charge on any atom is 0.349 e. The molecule has 1 rings (SSSR count). The Kier molecular flexibility index (Phi) is 5.35. The highest BCUT2D eigenvalue weighted by atomic mass is 16.6. The Hall–Kier alpha value is -1.85. The van der Waals surface area contributed by atoms with E-state index >= 15 is 0 Å². The molecule has 0 amide bonds. The number of esters is 2. The van der Waals surface area contributed by atoms with Crippen LogP contribution in [0.4, 0.5) is 0 Å². The van der Waals surface area contributed by atoms with Crippen molar-refractivity contribution in [1.82, 2.24) is 4.57 Å². The lowest BCUT2D eigenvalue weighted by molar-refractivity contribution is -0.685. The van der Waals surface area contributed by atoms with Gasteiger partial charge in [-0.3, -0.25) is 0 Å². The first-order valence-corrected chi connectivity index (χ1v) is 5.90. The van der Waals surface area contributed by atoms with Gasteiger partial charge >= 0.3 is 11.9 Å². The largest absolute Gasteiger partial charge is 0.463 e. The number of hydrogen-bond donors (Lipinski definition) is 0. The van der Waals surface area contributed by atoms with Crippen LogP contribution in [0.2, 0.25) is 0 Å². The van der Waals surface area contributed by atoms with Gasteiger partial charge in [0.2, 0.25) is 6.33 Å². The van der Waals surface area contributed by atoms with Gasteiger partial charge in [-0.1, -0.05) is 6.92 Å². The number of hydrogen-bond acceptors (Lipinski definition) is 4. The molecule has 0 bridgehead atoms. The van der Waals surface area contributed by atoms with E-state index in [0.29, 0.717) is 6.61 Å². The third kappa shape index (κ3) is 4.57. The number of carbonyl (C=O) groups is 2. The minimum absolute atomic E-state index is 0.0756. The topological polar surface area (TPSA) is 61.4 Å². The van der Waals surface area contributed by atoms with Crippen LogP contribution in [-0.4, -0.2) is 29.2 Å². The third-order valence-corrected chi connectivity index (χ3v) is 2.22. The lowest BCUT2D eigenvalue weighted by Gasteiger charge is -2.11. The zero-order chi connectivity index (χ0) is 13.5. The Labute approximate surface area is 106 Å². The molecule has 0 fully saturated rings. The second-order valence-corrected chi connectivity index (χ2v) is 4.05. The van der Waals surface area contributed by atoms with Crippen LogP contribution in [0, 0.1) is 0 Å². The summed E-state index contributed by atoms with van der Waals surface area (Å²) in [4.78, 5) is 22.9. The molecule has 0 aliphatic rings. The third-order valence-electron chi connectivity index (χ3n) is 2.22. The normalized spacial score (nSPS) is 11.9. The summed E-state index contributed by atoms with van der Waals surface area (Å²) in [5.74, 6) is -0.976. The molecule has 1 unspecified atom stereocenters. The number of imidazole rings is 1. The van der Waals surface area contributed by atoms with Gasteiger partial charge in [-0.2, -0.15) is 0 Å². The SMILES string of the molecule is CCCOC(=O)C(C)OC(=O)C[n+]1ccn(C)c1. The van der Waals surface area contributed by atoms with Crippen LogP contribution >= 0.6 is 0 Å². The summed E-state index contributed by atoms with van der Waals surface area (Å²) < 4.78 is 13.3. The van der Waals surface area contributed by atoms with Gasteiger partial charge in [0.25, 0.3) is 0 Å². The van der Waals surface area contributed by atoms with Crippen molar-refractivity contribution in [3.8, 4) is 0 Å². The van der Waals surface area contributed by atoms with Crippen molar-refractivity contribution < 1.29 is 23.6 Å². The standard InChI is InChI=1S/C12H19N2O4/c1-4-7-17-12(16)10(2)18-11(15)8-14-6-5-13(3)9-14/h5-6,9-10H,4,7-8H2,1-3H3/q+1. The molecule has 1 atom stereocenters. The number of carbonyl (C=O) groups excluding carboxylic acids is 2. The zero-order valence-electron chi connectivity index (χ0n) is 11.0. The van der Waals surface area contributed by atoms with E-state index in [2.05, 4.69) is 0 Å². The van der Waals surface area contributed by atoms with E-state index in [4.69, 9.17) is 9.47 Å². The second kappa shape index (κ2) is 6.78. The number of rotatable bonds is 6. The molecule has 6 nitrogen and oxygen atoms in total. The zero-order valence-corrected chi connectivity index (χ0v) is 11.0. The number of aromatic nitrogens is 2. The molecule has 6 heteroatoms. The summed E-state index contributed by atoms with van der Waals surface area (Å²) in [7, 11) is 1.85. The summed E-state index contributed by atoms with van der Waals surface area (Å²) >= 11 is 0. The number of ether oxygens (including phenoxy) is 2. The fourth-order valence-corrected chi connectivity index (χ4v) is 1.35. The van der Waals surface area contributed by atoms with Crippen molar-refractivity contribution in [2.24, 2.45) is 7.05 Å². The van der Waals surface area contributed by atoms with Gasteiger partial charge < -0.3 is 9.47 Å². The van der Waals surface area contributed by atoms with E-state index in [-0.39, 0.29) is 6.54 Å². The van der Waals surface area contributed by atoms with Crippen molar-refractivity contribution in [3.05, 3.63) is 18.7 Å². The Balaban J connectivity index is 2.37. The molecule has 1 heterocycles. The fourth-order valence-electron chi connectivity index (χ4n) is 1.35. The van der Waals surface area contributed by atoms with Gasteiger partial charge in [0, 0.05) is 0 Å². The van der Waals surface area contributed by atoms with Crippen LogP contribution in [-0.2, 0) is 32.7 Å². The maximum absolute atomic E-state index is 11.6. The lowest BCUT2D eigenvalue weighted by Crippen LogP contribution is -2.39. The van der Waals surface area contributed by atoms with Crippen LogP contribution in [0.5, 0.6) is 0 Å². The Morgan fingerprint density at radius 3 is 2.72 bits per heavy atom. The first-order valence-electron chi connectivity index (χ1n) is 5.90. The first-order chi connectivity index (χ1) is 8.52. The molecule has 0 saturated carbocycles. The Bertz CT molecular complexity index is 414. The van der Waals surface area contributed by atoms with E-state index in [9.17, 15) is 9.59 Å². The van der Waals surface area contributed by atoms with Crippen LogP contribution in [0.1, 0.15) is 20.3 Å². The van der Waals surface area contributed by atoms with E-state index in [1.54, 1.807) is 17.1 Å². The molecule has 0 spiro atoms. The van der Waals surface area contributed by atoms with Crippen molar-refractivity contribution in [1.29, 1.82) is 0 Å². The highest BCUT2D eigenvalue weighted by Crippen LogP contribution is 1.96. The molecule has 100 valence electrons. The van der Waals surface area contributed by atoms with Crippen LogP contribution < -0.4 is 4.57 Å². The average Bonchev–Trinajstić information content (AvgIpc) is 2.71. The molecule has 0 aliphatic heterocycles. The van der Waals surface area contributed by atoms with E-state index in [0.717, 1.165) is 6.42 Å². The average molecular weight is 255 g/mol. The van der Waals surface area contributed by atoms with Crippen molar-refractivity contribution in [2.75, 3.05) is 6.61 Å². The number of nitrogens with zero attached hydrogens (tertiary/aromatic N) is 2. The quantitative estimate of drug-likeness (QED) is 0.538. The van der Waals surface area contributed by atoms with Gasteiger partial charge in [-0.05, 0) is 13.3 Å². The summed E-state index contributed by atoms with van der Waals surface area (Å²) in [5.41, 5.74) is 0. The van der Waals surface area contributed by atoms with Crippen molar-refractivity contribution in [2.45, 2.75) is 32.9 Å². The van der Waals surface area contributed by atoms with E-state index in [1.165, 1.54) is 6.92 Å². The van der Waals surface area contributed by atoms with Crippen LogP contribution in [0.3, 0.4) is 0 Å². The van der Waals surface area contributed by atoms with Crippen LogP contribution in [0.25, 0.3) is 0 Å². The smallest absolute Gasteiger partial charge is 0.349 e. The highest BCUT2D eigenvalue weighted by molar-refractivity contribution is 5.78. The molecule has 0 N–H and O–H groups in total.